The Bertz CT molecular complexity index is 1130. The van der Waals surface area contributed by atoms with E-state index in [0.717, 1.165) is 41.1 Å². The first-order chi connectivity index (χ1) is 13.9. The van der Waals surface area contributed by atoms with Gasteiger partial charge in [0, 0.05) is 31.5 Å². The molecule has 8 nitrogen and oxygen atoms in total. The van der Waals surface area contributed by atoms with Crippen molar-refractivity contribution < 1.29 is 13.9 Å². The Balaban J connectivity index is 1.40. The van der Waals surface area contributed by atoms with Gasteiger partial charge in [-0.15, -0.1) is 10.2 Å². The van der Waals surface area contributed by atoms with Crippen LogP contribution in [0.25, 0.3) is 11.0 Å². The summed E-state index contributed by atoms with van der Waals surface area (Å²) in [4.78, 5) is 24.1. The fourth-order valence-electron chi connectivity index (χ4n) is 3.85. The van der Waals surface area contributed by atoms with E-state index in [0.29, 0.717) is 30.2 Å². The van der Waals surface area contributed by atoms with E-state index >= 15 is 0 Å². The van der Waals surface area contributed by atoms with E-state index < -0.39 is 0 Å². The second-order valence-corrected chi connectivity index (χ2v) is 7.52. The van der Waals surface area contributed by atoms with E-state index in [-0.39, 0.29) is 18.1 Å². The number of ether oxygens (including phenoxy) is 1. The number of aryl methyl sites for hydroxylation is 3. The lowest BCUT2D eigenvalue weighted by Gasteiger charge is -2.14. The number of benzene rings is 1. The summed E-state index contributed by atoms with van der Waals surface area (Å²) in [5, 5.41) is 11.9. The van der Waals surface area contributed by atoms with Crippen LogP contribution < -0.4 is 15.7 Å². The number of fused-ring (bicyclic) bond motifs is 2. The highest BCUT2D eigenvalue weighted by Crippen LogP contribution is 2.30. The topological polar surface area (TPSA) is 99.2 Å². The molecule has 0 bridgehead atoms. The second-order valence-electron chi connectivity index (χ2n) is 7.52. The van der Waals surface area contributed by atoms with Crippen molar-refractivity contribution in [2.24, 2.45) is 5.92 Å². The molecule has 3 aromatic rings. The van der Waals surface area contributed by atoms with Crippen molar-refractivity contribution in [1.82, 2.24) is 20.1 Å². The molecule has 0 saturated heterocycles. The minimum Gasteiger partial charge on any atom is -0.483 e. The number of nitrogens with one attached hydrogen (secondary N) is 1. The first-order valence-corrected chi connectivity index (χ1v) is 9.80. The zero-order chi connectivity index (χ0) is 20.5. The number of aromatic nitrogens is 3. The van der Waals surface area contributed by atoms with Gasteiger partial charge >= 0.3 is 5.63 Å². The number of nitrogens with zero attached hydrogens (tertiary/aromatic N) is 3. The number of rotatable bonds is 6. The van der Waals surface area contributed by atoms with Gasteiger partial charge in [-0.3, -0.25) is 4.79 Å². The summed E-state index contributed by atoms with van der Waals surface area (Å²) in [7, 11) is 0. The fourth-order valence-corrected chi connectivity index (χ4v) is 3.85. The van der Waals surface area contributed by atoms with E-state index in [1.165, 1.54) is 6.07 Å². The quantitative estimate of drug-likeness (QED) is 0.639. The lowest BCUT2D eigenvalue weighted by Crippen LogP contribution is -2.33. The predicted molar refractivity (Wildman–Crippen MR) is 107 cm³/mol. The predicted octanol–water partition coefficient (Wildman–Crippen LogP) is 1.93. The van der Waals surface area contributed by atoms with E-state index in [9.17, 15) is 9.59 Å². The lowest BCUT2D eigenvalue weighted by molar-refractivity contribution is -0.123. The van der Waals surface area contributed by atoms with Crippen molar-refractivity contribution >= 4 is 16.9 Å². The van der Waals surface area contributed by atoms with Gasteiger partial charge in [0.2, 0.25) is 0 Å². The average Bonchev–Trinajstić information content (AvgIpc) is 3.24. The van der Waals surface area contributed by atoms with Crippen LogP contribution in [0.2, 0.25) is 0 Å². The summed E-state index contributed by atoms with van der Waals surface area (Å²) in [6.07, 6.45) is 1.47. The third-order valence-corrected chi connectivity index (χ3v) is 5.29. The second kappa shape index (κ2) is 7.69. The SMILES string of the molecule is CCc1cc(=O)oc2cc(C)cc(OCC(=O)NCC3Cc4nnc(C)n4C3)c12. The Morgan fingerprint density at radius 3 is 2.90 bits per heavy atom. The third kappa shape index (κ3) is 3.87. The van der Waals surface area contributed by atoms with Crippen LogP contribution in [0.4, 0.5) is 0 Å². The maximum absolute atomic E-state index is 12.3. The first-order valence-electron chi connectivity index (χ1n) is 9.80. The first kappa shape index (κ1) is 19.2. The molecule has 0 fully saturated rings. The Morgan fingerprint density at radius 2 is 2.14 bits per heavy atom. The van der Waals surface area contributed by atoms with E-state index in [4.69, 9.17) is 9.15 Å². The molecule has 1 amide bonds. The number of carbonyl (C=O) groups excluding carboxylic acids is 1. The molecule has 0 radical (unpaired) electrons. The van der Waals surface area contributed by atoms with E-state index in [2.05, 4.69) is 20.1 Å². The summed E-state index contributed by atoms with van der Waals surface area (Å²) >= 11 is 0. The Labute approximate surface area is 167 Å². The number of carbonyl (C=O) groups is 1. The van der Waals surface area contributed by atoms with Gasteiger partial charge in [-0.1, -0.05) is 6.92 Å². The van der Waals surface area contributed by atoms with Crippen LogP contribution in [0.15, 0.2) is 27.4 Å². The number of hydrogen-bond donors (Lipinski definition) is 1. The molecule has 8 heteroatoms. The molecule has 0 saturated carbocycles. The summed E-state index contributed by atoms with van der Waals surface area (Å²) in [6.45, 7) is 7.08. The lowest BCUT2D eigenvalue weighted by atomic mass is 10.1. The van der Waals surface area contributed by atoms with Gasteiger partial charge in [-0.05, 0) is 43.5 Å². The maximum atomic E-state index is 12.3. The standard InChI is InChI=1S/C21H24N4O4/c1-4-15-8-20(27)29-17-6-12(2)5-16(21(15)17)28-11-19(26)22-9-14-7-18-24-23-13(3)25(18)10-14/h5-6,8,14H,4,7,9-11H2,1-3H3,(H,22,26). The average molecular weight is 396 g/mol. The molecule has 1 N–H and O–H groups in total. The molecule has 29 heavy (non-hydrogen) atoms. The van der Waals surface area contributed by atoms with Crippen LogP contribution >= 0.6 is 0 Å². The van der Waals surface area contributed by atoms with Crippen molar-refractivity contribution in [3.63, 3.8) is 0 Å². The number of amides is 1. The minimum absolute atomic E-state index is 0.0985. The molecule has 0 aliphatic carbocycles. The molecule has 1 atom stereocenters. The summed E-state index contributed by atoms with van der Waals surface area (Å²) in [6, 6.07) is 5.15. The van der Waals surface area contributed by atoms with Crippen molar-refractivity contribution in [3.8, 4) is 5.75 Å². The van der Waals surface area contributed by atoms with Crippen molar-refractivity contribution in [1.29, 1.82) is 0 Å². The highest BCUT2D eigenvalue weighted by molar-refractivity contribution is 5.88. The summed E-state index contributed by atoms with van der Waals surface area (Å²) < 4.78 is 13.2. The molecular formula is C21H24N4O4. The molecule has 0 spiro atoms. The molecule has 2 aromatic heterocycles. The zero-order valence-corrected chi connectivity index (χ0v) is 16.8. The van der Waals surface area contributed by atoms with Crippen molar-refractivity contribution in [3.05, 3.63) is 51.4 Å². The smallest absolute Gasteiger partial charge is 0.336 e. The molecule has 1 aliphatic heterocycles. The summed E-state index contributed by atoms with van der Waals surface area (Å²) in [5.74, 6) is 2.55. The molecule has 1 unspecified atom stereocenters. The fraction of sp³-hybridized carbons (Fsp3) is 0.429. The minimum atomic E-state index is -0.384. The van der Waals surface area contributed by atoms with E-state index in [1.807, 2.05) is 32.9 Å². The Morgan fingerprint density at radius 1 is 1.31 bits per heavy atom. The molecule has 3 heterocycles. The van der Waals surface area contributed by atoms with Gasteiger partial charge in [-0.2, -0.15) is 0 Å². The van der Waals surface area contributed by atoms with Crippen LogP contribution in [0, 0.1) is 19.8 Å². The van der Waals surface area contributed by atoms with Gasteiger partial charge in [0.25, 0.3) is 5.91 Å². The van der Waals surface area contributed by atoms with Gasteiger partial charge in [0.15, 0.2) is 6.61 Å². The molecule has 4 rings (SSSR count). The van der Waals surface area contributed by atoms with E-state index in [1.54, 1.807) is 0 Å². The summed E-state index contributed by atoms with van der Waals surface area (Å²) in [5.41, 5.74) is 1.84. The Hall–Kier alpha value is -3.16. The van der Waals surface area contributed by atoms with Gasteiger partial charge < -0.3 is 19.0 Å². The van der Waals surface area contributed by atoms with Gasteiger partial charge in [0.05, 0.1) is 5.39 Å². The highest BCUT2D eigenvalue weighted by Gasteiger charge is 2.25. The highest BCUT2D eigenvalue weighted by atomic mass is 16.5. The van der Waals surface area contributed by atoms with Gasteiger partial charge in [-0.25, -0.2) is 4.79 Å². The Kier molecular flexibility index (Phi) is 5.08. The van der Waals surface area contributed by atoms with Crippen LogP contribution in [0.1, 0.15) is 29.7 Å². The van der Waals surface area contributed by atoms with Crippen LogP contribution in [0.5, 0.6) is 5.75 Å². The normalized spacial score (nSPS) is 15.5. The maximum Gasteiger partial charge on any atom is 0.336 e. The van der Waals surface area contributed by atoms with Crippen LogP contribution in [-0.2, 0) is 24.2 Å². The molecule has 152 valence electrons. The van der Waals surface area contributed by atoms with Crippen LogP contribution in [-0.4, -0.2) is 33.8 Å². The third-order valence-electron chi connectivity index (χ3n) is 5.29. The zero-order valence-electron chi connectivity index (χ0n) is 16.8. The van der Waals surface area contributed by atoms with Crippen molar-refractivity contribution in [2.45, 2.75) is 40.2 Å². The molecule has 1 aliphatic rings. The number of hydrogen-bond acceptors (Lipinski definition) is 6. The monoisotopic (exact) mass is 396 g/mol. The van der Waals surface area contributed by atoms with Crippen LogP contribution in [0.3, 0.4) is 0 Å². The molecular weight excluding hydrogens is 372 g/mol. The largest absolute Gasteiger partial charge is 0.483 e. The van der Waals surface area contributed by atoms with Crippen molar-refractivity contribution in [2.75, 3.05) is 13.2 Å². The molecule has 1 aromatic carbocycles. The van der Waals surface area contributed by atoms with Gasteiger partial charge in [0.1, 0.15) is 23.0 Å².